The summed E-state index contributed by atoms with van der Waals surface area (Å²) < 4.78 is 6.61. The molecule has 0 aromatic carbocycles. The lowest BCUT2D eigenvalue weighted by Crippen LogP contribution is -2.52. The van der Waals surface area contributed by atoms with Crippen molar-refractivity contribution in [1.82, 2.24) is 9.88 Å². The molecular formula is C13H14Br2N2O4. The van der Waals surface area contributed by atoms with E-state index in [1.807, 2.05) is 6.92 Å². The number of carbonyl (C=O) groups excluding carboxylic acids is 1. The number of rotatable bonds is 4. The van der Waals surface area contributed by atoms with E-state index >= 15 is 0 Å². The van der Waals surface area contributed by atoms with Gasteiger partial charge >= 0.3 is 5.97 Å². The van der Waals surface area contributed by atoms with Gasteiger partial charge in [0.15, 0.2) is 6.10 Å². The monoisotopic (exact) mass is 420 g/mol. The van der Waals surface area contributed by atoms with Gasteiger partial charge in [0.2, 0.25) is 5.91 Å². The van der Waals surface area contributed by atoms with E-state index < -0.39 is 18.1 Å². The number of carbonyl (C=O) groups is 2. The lowest BCUT2D eigenvalue weighted by atomic mass is 10.0. The summed E-state index contributed by atoms with van der Waals surface area (Å²) in [5, 5.41) is 9.37. The SMILES string of the molecule is CCCN1C(=O)COC(C(=O)O)C1c1ncc(Br)cc1Br. The fourth-order valence-electron chi connectivity index (χ4n) is 2.30. The summed E-state index contributed by atoms with van der Waals surface area (Å²) in [7, 11) is 0. The topological polar surface area (TPSA) is 79.7 Å². The van der Waals surface area contributed by atoms with Gasteiger partial charge in [-0.1, -0.05) is 6.92 Å². The molecule has 1 amide bonds. The molecule has 1 fully saturated rings. The number of morpholine rings is 1. The Kier molecular flexibility index (Phi) is 5.34. The van der Waals surface area contributed by atoms with Crippen LogP contribution >= 0.6 is 31.9 Å². The average Bonchev–Trinajstić information content (AvgIpc) is 2.41. The zero-order valence-electron chi connectivity index (χ0n) is 11.3. The van der Waals surface area contributed by atoms with E-state index in [1.54, 1.807) is 12.3 Å². The number of hydrogen-bond acceptors (Lipinski definition) is 4. The summed E-state index contributed by atoms with van der Waals surface area (Å²) in [6.07, 6.45) is 1.17. The van der Waals surface area contributed by atoms with E-state index in [2.05, 4.69) is 36.8 Å². The first kappa shape index (κ1) is 16.4. The maximum atomic E-state index is 12.1. The number of hydrogen-bond donors (Lipinski definition) is 1. The second kappa shape index (κ2) is 6.85. The Hall–Kier alpha value is -0.990. The smallest absolute Gasteiger partial charge is 0.335 e. The molecule has 2 atom stereocenters. The van der Waals surface area contributed by atoms with Crippen molar-refractivity contribution < 1.29 is 19.4 Å². The van der Waals surface area contributed by atoms with Gasteiger partial charge < -0.3 is 14.7 Å². The molecule has 0 radical (unpaired) electrons. The third-order valence-corrected chi connectivity index (χ3v) is 4.22. The first-order valence-electron chi connectivity index (χ1n) is 6.40. The van der Waals surface area contributed by atoms with Crippen molar-refractivity contribution in [2.75, 3.05) is 13.2 Å². The minimum atomic E-state index is -1.13. The highest BCUT2D eigenvalue weighted by Crippen LogP contribution is 2.34. The predicted octanol–water partition coefficient (Wildman–Crippen LogP) is 2.37. The van der Waals surface area contributed by atoms with E-state index in [4.69, 9.17) is 4.74 Å². The molecule has 2 unspecified atom stereocenters. The van der Waals surface area contributed by atoms with Gasteiger partial charge in [0.1, 0.15) is 12.6 Å². The molecule has 1 aromatic rings. The molecule has 8 heteroatoms. The molecule has 1 N–H and O–H groups in total. The lowest BCUT2D eigenvalue weighted by Gasteiger charge is -2.39. The van der Waals surface area contributed by atoms with Gasteiger partial charge in [-0.15, -0.1) is 0 Å². The molecule has 0 spiro atoms. The molecular weight excluding hydrogens is 408 g/mol. The molecule has 114 valence electrons. The second-order valence-electron chi connectivity index (χ2n) is 4.62. The largest absolute Gasteiger partial charge is 0.479 e. The van der Waals surface area contributed by atoms with Crippen LogP contribution < -0.4 is 0 Å². The summed E-state index contributed by atoms with van der Waals surface area (Å²) in [5.74, 6) is -1.33. The van der Waals surface area contributed by atoms with Gasteiger partial charge in [0.25, 0.3) is 0 Å². The zero-order chi connectivity index (χ0) is 15.6. The molecule has 1 aliphatic rings. The number of amides is 1. The van der Waals surface area contributed by atoms with Crippen molar-refractivity contribution in [3.8, 4) is 0 Å². The van der Waals surface area contributed by atoms with Gasteiger partial charge in [-0.05, 0) is 44.3 Å². The van der Waals surface area contributed by atoms with Gasteiger partial charge in [0.05, 0.1) is 5.69 Å². The second-order valence-corrected chi connectivity index (χ2v) is 6.39. The van der Waals surface area contributed by atoms with Crippen LogP contribution in [0.3, 0.4) is 0 Å². The van der Waals surface area contributed by atoms with Crippen LogP contribution in [0, 0.1) is 0 Å². The molecule has 21 heavy (non-hydrogen) atoms. The van der Waals surface area contributed by atoms with Gasteiger partial charge in [-0.2, -0.15) is 0 Å². The van der Waals surface area contributed by atoms with Gasteiger partial charge in [-0.25, -0.2) is 4.79 Å². The summed E-state index contributed by atoms with van der Waals surface area (Å²) >= 11 is 6.68. The summed E-state index contributed by atoms with van der Waals surface area (Å²) in [4.78, 5) is 29.3. The van der Waals surface area contributed by atoms with Crippen LogP contribution in [0.1, 0.15) is 25.1 Å². The maximum absolute atomic E-state index is 12.1. The van der Waals surface area contributed by atoms with E-state index in [0.29, 0.717) is 16.7 Å². The number of carboxylic acids is 1. The lowest BCUT2D eigenvalue weighted by molar-refractivity contribution is -0.173. The van der Waals surface area contributed by atoms with E-state index in [0.717, 1.165) is 10.9 Å². The molecule has 1 aliphatic heterocycles. The van der Waals surface area contributed by atoms with Crippen molar-refractivity contribution in [2.45, 2.75) is 25.5 Å². The van der Waals surface area contributed by atoms with Crippen LogP contribution in [0.15, 0.2) is 21.2 Å². The van der Waals surface area contributed by atoms with Crippen LogP contribution in [0.2, 0.25) is 0 Å². The van der Waals surface area contributed by atoms with E-state index in [1.165, 1.54) is 4.90 Å². The van der Waals surface area contributed by atoms with Gasteiger partial charge in [0, 0.05) is 21.7 Å². The van der Waals surface area contributed by atoms with Crippen molar-refractivity contribution in [3.63, 3.8) is 0 Å². The predicted molar refractivity (Wildman–Crippen MR) is 81.8 cm³/mol. The molecule has 0 saturated carbocycles. The fourth-order valence-corrected chi connectivity index (χ4v) is 3.52. The first-order valence-corrected chi connectivity index (χ1v) is 7.99. The van der Waals surface area contributed by atoms with E-state index in [9.17, 15) is 14.7 Å². The highest BCUT2D eigenvalue weighted by atomic mass is 79.9. The van der Waals surface area contributed by atoms with Crippen LogP contribution in [-0.2, 0) is 14.3 Å². The highest BCUT2D eigenvalue weighted by molar-refractivity contribution is 9.11. The summed E-state index contributed by atoms with van der Waals surface area (Å²) in [6.45, 7) is 2.17. The standard InChI is InChI=1S/C13H14Br2N2O4/c1-2-3-17-9(18)6-21-12(13(19)20)11(17)10-8(15)4-7(14)5-16-10/h4-5,11-12H,2-3,6H2,1H3,(H,19,20). The number of ether oxygens (including phenoxy) is 1. The molecule has 6 nitrogen and oxygen atoms in total. The molecule has 0 bridgehead atoms. The zero-order valence-corrected chi connectivity index (χ0v) is 14.4. The first-order chi connectivity index (χ1) is 9.95. The summed E-state index contributed by atoms with van der Waals surface area (Å²) in [5.41, 5.74) is 0.479. The van der Waals surface area contributed by atoms with Gasteiger partial charge in [-0.3, -0.25) is 9.78 Å². The van der Waals surface area contributed by atoms with Crippen LogP contribution in [-0.4, -0.2) is 46.1 Å². The Morgan fingerprint density at radius 2 is 2.29 bits per heavy atom. The Labute approximate surface area is 138 Å². The average molecular weight is 422 g/mol. The van der Waals surface area contributed by atoms with Crippen LogP contribution in [0.25, 0.3) is 0 Å². The molecule has 2 heterocycles. The quantitative estimate of drug-likeness (QED) is 0.807. The number of halogens is 2. The Morgan fingerprint density at radius 3 is 2.86 bits per heavy atom. The van der Waals surface area contributed by atoms with Crippen molar-refractivity contribution in [3.05, 3.63) is 26.9 Å². The summed E-state index contributed by atoms with van der Waals surface area (Å²) in [6, 6.07) is 1.02. The fraction of sp³-hybridized carbons (Fsp3) is 0.462. The Balaban J connectivity index is 2.48. The maximum Gasteiger partial charge on any atom is 0.335 e. The van der Waals surface area contributed by atoms with E-state index in [-0.39, 0.29) is 12.5 Å². The number of nitrogens with zero attached hydrogens (tertiary/aromatic N) is 2. The minimum absolute atomic E-state index is 0.221. The third-order valence-electron chi connectivity index (χ3n) is 3.15. The molecule has 1 aromatic heterocycles. The number of pyridine rings is 1. The van der Waals surface area contributed by atoms with Crippen molar-refractivity contribution >= 4 is 43.7 Å². The normalized spacial score (nSPS) is 22.4. The minimum Gasteiger partial charge on any atom is -0.479 e. The number of aliphatic carboxylic acids is 1. The van der Waals surface area contributed by atoms with Crippen LogP contribution in [0.5, 0.6) is 0 Å². The molecule has 0 aliphatic carbocycles. The van der Waals surface area contributed by atoms with Crippen molar-refractivity contribution in [1.29, 1.82) is 0 Å². The highest BCUT2D eigenvalue weighted by Gasteiger charge is 2.43. The Bertz CT molecular complexity index is 567. The Morgan fingerprint density at radius 1 is 1.57 bits per heavy atom. The van der Waals surface area contributed by atoms with Crippen LogP contribution in [0.4, 0.5) is 0 Å². The third kappa shape index (κ3) is 3.44. The molecule has 2 rings (SSSR count). The van der Waals surface area contributed by atoms with Crippen molar-refractivity contribution in [2.24, 2.45) is 0 Å². The number of aromatic nitrogens is 1. The number of carboxylic acid groups (broad SMARTS) is 1. The molecule has 1 saturated heterocycles.